The Hall–Kier alpha value is -6.13. The van der Waals surface area contributed by atoms with Crippen molar-refractivity contribution in [3.8, 4) is 22.3 Å². The first kappa shape index (κ1) is 33.2. The van der Waals surface area contributed by atoms with Crippen molar-refractivity contribution >= 4 is 76.7 Å². The van der Waals surface area contributed by atoms with Gasteiger partial charge in [-0.15, -0.1) is 11.3 Å². The molecule has 0 N–H and O–H groups in total. The van der Waals surface area contributed by atoms with Gasteiger partial charge < -0.3 is 4.90 Å². The lowest BCUT2D eigenvalue weighted by molar-refractivity contribution is 0.591. The summed E-state index contributed by atoms with van der Waals surface area (Å²) in [5, 5.41) is 5.17. The number of hydrogen-bond donors (Lipinski definition) is 0. The second kappa shape index (κ2) is 13.3. The number of fused-ring (bicyclic) bond motifs is 7. The number of thioether (sulfide) groups is 1. The highest BCUT2D eigenvalue weighted by atomic mass is 32.2. The summed E-state index contributed by atoms with van der Waals surface area (Å²) in [7, 11) is 0. The van der Waals surface area contributed by atoms with E-state index in [4.69, 9.17) is 0 Å². The van der Waals surface area contributed by atoms with Gasteiger partial charge in [0, 0.05) is 52.3 Å². The Balaban J connectivity index is 1.06. The number of rotatable bonds is 6. The number of benzene rings is 8. The topological polar surface area (TPSA) is 3.24 Å². The maximum atomic E-state index is 2.45. The maximum Gasteiger partial charge on any atom is 0.0540 e. The van der Waals surface area contributed by atoms with Gasteiger partial charge in [-0.2, -0.15) is 0 Å². The van der Waals surface area contributed by atoms with Gasteiger partial charge in [-0.1, -0.05) is 170 Å². The molecule has 1 atom stereocenters. The molecule has 56 heavy (non-hydrogen) atoms. The summed E-state index contributed by atoms with van der Waals surface area (Å²) in [5.41, 5.74) is 12.3. The third-order valence-electron chi connectivity index (χ3n) is 11.8. The van der Waals surface area contributed by atoms with E-state index < -0.39 is 0 Å². The quantitative estimate of drug-likeness (QED) is 0.166. The van der Waals surface area contributed by atoms with Gasteiger partial charge in [0.25, 0.3) is 0 Å². The molecule has 1 aliphatic carbocycles. The van der Waals surface area contributed by atoms with Gasteiger partial charge in [0.1, 0.15) is 0 Å². The maximum absolute atomic E-state index is 2.45. The molecule has 0 radical (unpaired) electrons. The van der Waals surface area contributed by atoms with Gasteiger partial charge in [0.15, 0.2) is 0 Å². The molecule has 0 saturated carbocycles. The van der Waals surface area contributed by atoms with Gasteiger partial charge in [-0.25, -0.2) is 0 Å². The van der Waals surface area contributed by atoms with E-state index in [0.717, 1.165) is 23.5 Å². The van der Waals surface area contributed by atoms with E-state index in [1.165, 1.54) is 79.7 Å². The van der Waals surface area contributed by atoms with Crippen LogP contribution in [0.5, 0.6) is 0 Å². The van der Waals surface area contributed by atoms with E-state index >= 15 is 0 Å². The van der Waals surface area contributed by atoms with Gasteiger partial charge in [-0.05, 0) is 93.0 Å². The van der Waals surface area contributed by atoms with Crippen LogP contribution in [-0.4, -0.2) is 0 Å². The summed E-state index contributed by atoms with van der Waals surface area (Å²) in [4.78, 5) is 5.26. The highest BCUT2D eigenvalue weighted by Crippen LogP contribution is 2.59. The molecule has 1 nitrogen and oxygen atoms in total. The van der Waals surface area contributed by atoms with Crippen molar-refractivity contribution in [1.29, 1.82) is 0 Å². The molecule has 2 aliphatic rings. The molecule has 1 aliphatic heterocycles. The average Bonchev–Trinajstić information content (AvgIpc) is 3.79. The van der Waals surface area contributed by atoms with Crippen molar-refractivity contribution < 1.29 is 0 Å². The van der Waals surface area contributed by atoms with Crippen molar-refractivity contribution in [2.45, 2.75) is 23.7 Å². The molecule has 2 heterocycles. The van der Waals surface area contributed by atoms with Crippen molar-refractivity contribution in [3.63, 3.8) is 0 Å². The molecule has 0 amide bonds. The van der Waals surface area contributed by atoms with Gasteiger partial charge in [0.05, 0.1) is 5.69 Å². The van der Waals surface area contributed by atoms with Gasteiger partial charge in [0.2, 0.25) is 0 Å². The largest absolute Gasteiger partial charge is 0.310 e. The van der Waals surface area contributed by atoms with E-state index in [1.54, 1.807) is 0 Å². The van der Waals surface area contributed by atoms with E-state index in [0.29, 0.717) is 0 Å². The molecule has 0 fully saturated rings. The lowest BCUT2D eigenvalue weighted by Gasteiger charge is -2.33. The second-order valence-corrected chi connectivity index (χ2v) is 17.1. The molecule has 8 aromatic carbocycles. The van der Waals surface area contributed by atoms with E-state index in [2.05, 4.69) is 206 Å². The van der Waals surface area contributed by atoms with Crippen LogP contribution in [0, 0.1) is 0 Å². The Labute approximate surface area is 335 Å². The molecule has 9 aromatic rings. The Morgan fingerprint density at radius 3 is 1.96 bits per heavy atom. The summed E-state index contributed by atoms with van der Waals surface area (Å²) >= 11 is 3.83. The average molecular weight is 752 g/mol. The monoisotopic (exact) mass is 751 g/mol. The third kappa shape index (κ3) is 5.30. The predicted octanol–water partition coefficient (Wildman–Crippen LogP) is 15.7. The molecule has 3 heteroatoms. The SMILES string of the molecule is CC12CC=CC(c3ccccc3N(c3ccc(-c4cccc5ccccc45)cc3)c3ccc(-c4cccc5c4sc4ccccc45)cc3)=C1Sc1ccccc12. The highest BCUT2D eigenvalue weighted by Gasteiger charge is 2.42. The van der Waals surface area contributed by atoms with Crippen molar-refractivity contribution in [2.75, 3.05) is 4.90 Å². The van der Waals surface area contributed by atoms with Crippen LogP contribution < -0.4 is 4.90 Å². The van der Waals surface area contributed by atoms with Crippen molar-refractivity contribution in [3.05, 3.63) is 210 Å². The normalized spacial score (nSPS) is 16.1. The van der Waals surface area contributed by atoms with Crippen LogP contribution in [0.15, 0.2) is 204 Å². The predicted molar refractivity (Wildman–Crippen MR) is 243 cm³/mol. The zero-order chi connectivity index (χ0) is 37.2. The smallest absolute Gasteiger partial charge is 0.0540 e. The summed E-state index contributed by atoms with van der Waals surface area (Å²) < 4.78 is 2.66. The first-order chi connectivity index (χ1) is 27.6. The molecule has 1 aromatic heterocycles. The minimum Gasteiger partial charge on any atom is -0.310 e. The van der Waals surface area contributed by atoms with Crippen LogP contribution in [0.3, 0.4) is 0 Å². The van der Waals surface area contributed by atoms with Crippen LogP contribution in [0.25, 0.3) is 58.8 Å². The van der Waals surface area contributed by atoms with Crippen molar-refractivity contribution in [2.24, 2.45) is 0 Å². The fourth-order valence-corrected chi connectivity index (χ4v) is 11.7. The van der Waals surface area contributed by atoms with Crippen molar-refractivity contribution in [1.82, 2.24) is 0 Å². The van der Waals surface area contributed by atoms with E-state index in [-0.39, 0.29) is 5.41 Å². The summed E-state index contributed by atoms with van der Waals surface area (Å²) in [6.07, 6.45) is 5.75. The van der Waals surface area contributed by atoms with Crippen LogP contribution in [0.4, 0.5) is 17.1 Å². The molecule has 11 rings (SSSR count). The lowest BCUT2D eigenvalue weighted by atomic mass is 9.74. The number of para-hydroxylation sites is 1. The fourth-order valence-electron chi connectivity index (χ4n) is 8.97. The molecule has 0 saturated heterocycles. The third-order valence-corrected chi connectivity index (χ3v) is 14.4. The van der Waals surface area contributed by atoms with E-state index in [1.807, 2.05) is 23.1 Å². The minimum absolute atomic E-state index is 0.0430. The summed E-state index contributed by atoms with van der Waals surface area (Å²) in [6.45, 7) is 2.42. The number of thiophene rings is 1. The first-order valence-electron chi connectivity index (χ1n) is 19.3. The zero-order valence-electron chi connectivity index (χ0n) is 30.9. The Kier molecular flexibility index (Phi) is 7.87. The first-order valence-corrected chi connectivity index (χ1v) is 20.9. The Morgan fingerprint density at radius 1 is 0.518 bits per heavy atom. The molecule has 0 bridgehead atoms. The van der Waals surface area contributed by atoms with E-state index in [9.17, 15) is 0 Å². The molecular weight excluding hydrogens is 715 g/mol. The Bertz CT molecular complexity index is 3030. The number of nitrogens with zero attached hydrogens (tertiary/aromatic N) is 1. The van der Waals surface area contributed by atoms with Gasteiger partial charge >= 0.3 is 0 Å². The number of anilines is 3. The Morgan fingerprint density at radius 2 is 1.12 bits per heavy atom. The molecule has 266 valence electrons. The van der Waals surface area contributed by atoms with Crippen LogP contribution >= 0.6 is 23.1 Å². The summed E-state index contributed by atoms with van der Waals surface area (Å²) in [6, 6.07) is 67.0. The van der Waals surface area contributed by atoms with Crippen LogP contribution in [0.2, 0.25) is 0 Å². The zero-order valence-corrected chi connectivity index (χ0v) is 32.6. The molecule has 0 spiro atoms. The summed E-state index contributed by atoms with van der Waals surface area (Å²) in [5.74, 6) is 0. The standard InChI is InChI=1S/C53H37NS2/c1-53-34-12-21-46(52(53)56-50-25-9-6-22-47(50)53)43-16-4-7-23-48(43)54(38-30-26-36(27-31-38)41-18-10-14-35-13-2-3-15-40(35)41)39-32-28-37(29-33-39)42-19-11-20-45-44-17-5-8-24-49(44)55-51(42)45/h2-33H,34H2,1H3. The van der Waals surface area contributed by atoms with Gasteiger partial charge in [-0.3, -0.25) is 0 Å². The number of hydrogen-bond acceptors (Lipinski definition) is 3. The number of allylic oxidation sites excluding steroid dienone is 4. The highest BCUT2D eigenvalue weighted by molar-refractivity contribution is 8.03. The lowest BCUT2D eigenvalue weighted by Crippen LogP contribution is -2.22. The second-order valence-electron chi connectivity index (χ2n) is 15.0. The van der Waals surface area contributed by atoms with Crippen LogP contribution in [0.1, 0.15) is 24.5 Å². The molecular formula is C53H37NS2. The fraction of sp³-hybridized carbons (Fsp3) is 0.0566. The molecule has 1 unspecified atom stereocenters. The minimum atomic E-state index is -0.0430. The van der Waals surface area contributed by atoms with Crippen LogP contribution in [-0.2, 0) is 5.41 Å².